The van der Waals surface area contributed by atoms with Crippen LogP contribution in [0.2, 0.25) is 0 Å². The van der Waals surface area contributed by atoms with Crippen LogP contribution in [0.3, 0.4) is 0 Å². The van der Waals surface area contributed by atoms with E-state index >= 15 is 0 Å². The number of hydrogen-bond donors (Lipinski definition) is 0. The van der Waals surface area contributed by atoms with Gasteiger partial charge in [-0.3, -0.25) is 0 Å². The van der Waals surface area contributed by atoms with Gasteiger partial charge in [-0.1, -0.05) is 105 Å². The average molecular weight is 228 g/mol. The summed E-state index contributed by atoms with van der Waals surface area (Å²) in [5, 5.41) is 0. The third-order valence-electron chi connectivity index (χ3n) is 3.00. The molecule has 0 N–H and O–H groups in total. The van der Waals surface area contributed by atoms with Crippen LogP contribution in [0.25, 0.3) is 0 Å². The van der Waals surface area contributed by atoms with Crippen LogP contribution in [0.15, 0.2) is 0 Å². The summed E-state index contributed by atoms with van der Waals surface area (Å²) in [7, 11) is 0. The van der Waals surface area contributed by atoms with Gasteiger partial charge in [0, 0.05) is 0 Å². The van der Waals surface area contributed by atoms with Gasteiger partial charge in [0.2, 0.25) is 0 Å². The smallest absolute Gasteiger partial charge is 0.0533 e. The van der Waals surface area contributed by atoms with Gasteiger partial charge < -0.3 is 0 Å². The summed E-state index contributed by atoms with van der Waals surface area (Å²) in [6, 6.07) is 0. The summed E-state index contributed by atoms with van der Waals surface area (Å²) in [4.78, 5) is 0. The molecule has 3 fully saturated rings. The third kappa shape index (κ3) is 16.4. The molecule has 0 spiro atoms. The summed E-state index contributed by atoms with van der Waals surface area (Å²) in [5.74, 6) is 0. The van der Waals surface area contributed by atoms with Crippen LogP contribution in [0.1, 0.15) is 105 Å². The molecule has 100 valence electrons. The highest BCUT2D eigenvalue weighted by Gasteiger charge is 1.96. The first kappa shape index (κ1) is 18.4. The Morgan fingerprint density at radius 1 is 0.250 bits per heavy atom. The molecule has 0 atom stereocenters. The molecule has 0 bridgehead atoms. The molecule has 0 saturated heterocycles. The van der Waals surface area contributed by atoms with Crippen molar-refractivity contribution in [2.45, 2.75) is 105 Å². The Labute approximate surface area is 105 Å². The van der Waals surface area contributed by atoms with Crippen molar-refractivity contribution < 1.29 is 0 Å². The van der Waals surface area contributed by atoms with Crippen molar-refractivity contribution in [3.63, 3.8) is 0 Å². The fourth-order valence-corrected chi connectivity index (χ4v) is 0.750. The van der Waals surface area contributed by atoms with Crippen molar-refractivity contribution in [2.24, 2.45) is 0 Å². The van der Waals surface area contributed by atoms with E-state index in [1.807, 2.05) is 27.7 Å². The monoisotopic (exact) mass is 228 g/mol. The van der Waals surface area contributed by atoms with E-state index in [4.69, 9.17) is 0 Å². The van der Waals surface area contributed by atoms with Gasteiger partial charge in [-0.25, -0.2) is 0 Å². The molecule has 3 rings (SSSR count). The van der Waals surface area contributed by atoms with Crippen LogP contribution >= 0.6 is 0 Å². The lowest BCUT2D eigenvalue weighted by atomic mass is 10.0. The minimum atomic E-state index is 1.50. The first-order valence-corrected chi connectivity index (χ1v) is 8.00. The molecule has 3 aliphatic carbocycles. The van der Waals surface area contributed by atoms with Crippen LogP contribution < -0.4 is 0 Å². The molecule has 0 nitrogen and oxygen atoms in total. The van der Waals surface area contributed by atoms with Gasteiger partial charge in [0.15, 0.2) is 0 Å². The minimum Gasteiger partial charge on any atom is -0.0683 e. The minimum absolute atomic E-state index is 1.50. The van der Waals surface area contributed by atoms with E-state index in [1.54, 1.807) is 0 Å². The van der Waals surface area contributed by atoms with E-state index in [0.717, 1.165) is 0 Å². The zero-order valence-electron chi connectivity index (χ0n) is 12.5. The number of rotatable bonds is 0. The Kier molecular flexibility index (Phi) is 23.4. The van der Waals surface area contributed by atoms with Crippen LogP contribution in [-0.2, 0) is 0 Å². The summed E-state index contributed by atoms with van der Waals surface area (Å²) in [5.41, 5.74) is 0. The normalized spacial score (nSPS) is 18.8. The van der Waals surface area contributed by atoms with E-state index in [-0.39, 0.29) is 0 Å². The Hall–Kier alpha value is 0. The van der Waals surface area contributed by atoms with Crippen molar-refractivity contribution in [2.75, 3.05) is 0 Å². The largest absolute Gasteiger partial charge is 0.0683 e. The number of hydrogen-bond acceptors (Lipinski definition) is 0. The topological polar surface area (TPSA) is 0 Å². The lowest BCUT2D eigenvalue weighted by Crippen LogP contribution is -1.85. The third-order valence-corrected chi connectivity index (χ3v) is 3.00. The lowest BCUT2D eigenvalue weighted by Gasteiger charge is -2.05. The molecule has 3 saturated carbocycles. The van der Waals surface area contributed by atoms with Gasteiger partial charge in [-0.2, -0.15) is 0 Å². The van der Waals surface area contributed by atoms with Crippen LogP contribution in [0.5, 0.6) is 0 Å². The molecule has 0 aliphatic heterocycles. The van der Waals surface area contributed by atoms with E-state index in [0.29, 0.717) is 0 Å². The first-order chi connectivity index (χ1) is 8.00. The summed E-state index contributed by atoms with van der Waals surface area (Å²) in [6.45, 7) is 8.00. The average Bonchev–Trinajstić information content (AvgIpc) is 2.01. The van der Waals surface area contributed by atoms with Gasteiger partial charge in [-0.05, 0) is 0 Å². The molecule has 0 aromatic heterocycles. The maximum absolute atomic E-state index is 2.00. The molecule has 0 aromatic carbocycles. The fourth-order valence-electron chi connectivity index (χ4n) is 0.750. The molecule has 3 aliphatic rings. The Morgan fingerprint density at radius 3 is 0.312 bits per heavy atom. The predicted molar refractivity (Wildman–Crippen MR) is 78.1 cm³/mol. The Bertz CT molecular complexity index is 43.0. The standard InChI is InChI=1S/3C4H8.2C2H6/c3*1-2-4-3-1;2*1-2/h3*1-4H2;2*1-2H3. The Morgan fingerprint density at radius 2 is 0.312 bits per heavy atom. The summed E-state index contributed by atoms with van der Waals surface area (Å²) >= 11 is 0. The van der Waals surface area contributed by atoms with E-state index < -0.39 is 0 Å². The van der Waals surface area contributed by atoms with Gasteiger partial charge in [0.05, 0.1) is 0 Å². The van der Waals surface area contributed by atoms with Gasteiger partial charge >= 0.3 is 0 Å². The van der Waals surface area contributed by atoms with Crippen molar-refractivity contribution >= 4 is 0 Å². The summed E-state index contributed by atoms with van der Waals surface area (Å²) < 4.78 is 0. The highest BCUT2D eigenvalue weighted by molar-refractivity contribution is 4.51. The maximum atomic E-state index is 2.00. The molecule has 0 aromatic rings. The lowest BCUT2D eigenvalue weighted by molar-refractivity contribution is 0.504. The van der Waals surface area contributed by atoms with E-state index in [9.17, 15) is 0 Å². The first-order valence-electron chi connectivity index (χ1n) is 8.00. The molecule has 0 amide bonds. The zero-order valence-corrected chi connectivity index (χ0v) is 12.5. The van der Waals surface area contributed by atoms with Gasteiger partial charge in [0.1, 0.15) is 0 Å². The van der Waals surface area contributed by atoms with Crippen molar-refractivity contribution in [3.05, 3.63) is 0 Å². The van der Waals surface area contributed by atoms with Crippen LogP contribution in [0.4, 0.5) is 0 Å². The predicted octanol–water partition coefficient (Wildman–Crippen LogP) is 6.73. The van der Waals surface area contributed by atoms with Gasteiger partial charge in [0.25, 0.3) is 0 Å². The molecular formula is C16H36. The van der Waals surface area contributed by atoms with E-state index in [2.05, 4.69) is 0 Å². The molecule has 0 heteroatoms. The highest BCUT2D eigenvalue weighted by atomic mass is 14.0. The highest BCUT2D eigenvalue weighted by Crippen LogP contribution is 2.15. The SMILES string of the molecule is C1CCC1.C1CCC1.C1CCC1.CC.CC. The van der Waals surface area contributed by atoms with Crippen LogP contribution in [-0.4, -0.2) is 0 Å². The molecule has 0 heterocycles. The molecular weight excluding hydrogens is 192 g/mol. The van der Waals surface area contributed by atoms with E-state index in [1.165, 1.54) is 77.0 Å². The van der Waals surface area contributed by atoms with Gasteiger partial charge in [-0.15, -0.1) is 0 Å². The van der Waals surface area contributed by atoms with Crippen molar-refractivity contribution in [1.29, 1.82) is 0 Å². The fraction of sp³-hybridized carbons (Fsp3) is 1.00. The molecule has 0 unspecified atom stereocenters. The summed E-state index contributed by atoms with van der Waals surface area (Å²) in [6.07, 6.45) is 18.0. The molecule has 16 heavy (non-hydrogen) atoms. The molecule has 0 radical (unpaired) electrons. The quantitative estimate of drug-likeness (QED) is 0.431. The second kappa shape index (κ2) is 20.4. The zero-order chi connectivity index (χ0) is 12.5. The van der Waals surface area contributed by atoms with Crippen LogP contribution in [0, 0.1) is 0 Å². The maximum Gasteiger partial charge on any atom is -0.0533 e. The Balaban J connectivity index is 0. The second-order valence-corrected chi connectivity index (χ2v) is 4.24. The van der Waals surface area contributed by atoms with Crippen molar-refractivity contribution in [1.82, 2.24) is 0 Å². The van der Waals surface area contributed by atoms with Crippen molar-refractivity contribution in [3.8, 4) is 0 Å². The second-order valence-electron chi connectivity index (χ2n) is 4.24.